The van der Waals surface area contributed by atoms with E-state index in [2.05, 4.69) is 64.9 Å². The summed E-state index contributed by atoms with van der Waals surface area (Å²) in [6, 6.07) is 24.9. The van der Waals surface area contributed by atoms with Crippen LogP contribution in [0.5, 0.6) is 0 Å². The molecule has 0 saturated carbocycles. The smallest absolute Gasteiger partial charge is 0.254 e. The Morgan fingerprint density at radius 1 is 0.872 bits per heavy atom. The summed E-state index contributed by atoms with van der Waals surface area (Å²) in [5.41, 5.74) is 7.05. The van der Waals surface area contributed by atoms with Gasteiger partial charge in [-0.15, -0.1) is 0 Å². The average molecular weight is 544 g/mol. The van der Waals surface area contributed by atoms with Gasteiger partial charge in [-0.05, 0) is 86.9 Å². The molecule has 0 N–H and O–H groups in total. The van der Waals surface area contributed by atoms with Crippen LogP contribution in [0.4, 0.5) is 0 Å². The van der Waals surface area contributed by atoms with Crippen LogP contribution in [0, 0.1) is 13.8 Å². The van der Waals surface area contributed by atoms with Crippen molar-refractivity contribution in [2.75, 3.05) is 32.7 Å². The predicted molar refractivity (Wildman–Crippen MR) is 162 cm³/mol. The summed E-state index contributed by atoms with van der Waals surface area (Å²) in [6.45, 7) is 13.8. The number of piperazine rings is 1. The second-order valence-corrected chi connectivity index (χ2v) is 12.0. The number of amides is 1. The minimum Gasteiger partial charge on any atom is -0.339 e. The van der Waals surface area contributed by atoms with Crippen LogP contribution in [0.15, 0.2) is 66.7 Å². The van der Waals surface area contributed by atoms with Gasteiger partial charge in [0.2, 0.25) is 0 Å². The molecule has 39 heavy (non-hydrogen) atoms. The van der Waals surface area contributed by atoms with E-state index in [1.165, 1.54) is 16.7 Å². The normalized spacial score (nSPS) is 20.2. The molecule has 206 valence electrons. The van der Waals surface area contributed by atoms with Gasteiger partial charge in [0, 0.05) is 61.4 Å². The van der Waals surface area contributed by atoms with Crippen molar-refractivity contribution in [2.24, 2.45) is 0 Å². The lowest BCUT2D eigenvalue weighted by atomic mass is 9.96. The van der Waals surface area contributed by atoms with Gasteiger partial charge >= 0.3 is 0 Å². The van der Waals surface area contributed by atoms with Crippen LogP contribution in [0.3, 0.4) is 0 Å². The standard InChI is InChI=1S/C34H42ClN3O/c1-24-6-5-7-25(2)33(24)34(39)36-18-16-32(17-19-36)37-20-21-38(26(3)23-37)27(4)30-12-8-28(9-13-30)22-29-10-14-31(35)15-11-29/h5-15,26-27,32H,16-23H2,1-4H3/t26-,27-/m0/s1. The van der Waals surface area contributed by atoms with Gasteiger partial charge in [-0.1, -0.05) is 66.2 Å². The highest BCUT2D eigenvalue weighted by Crippen LogP contribution is 2.29. The Balaban J connectivity index is 1.13. The molecule has 2 atom stereocenters. The number of carbonyl (C=O) groups excluding carboxylic acids is 1. The van der Waals surface area contributed by atoms with Gasteiger partial charge < -0.3 is 4.90 Å². The summed E-state index contributed by atoms with van der Waals surface area (Å²) in [5.74, 6) is 0.204. The van der Waals surface area contributed by atoms with Crippen molar-refractivity contribution >= 4 is 17.5 Å². The Hall–Kier alpha value is -2.66. The number of carbonyl (C=O) groups is 1. The zero-order valence-corrected chi connectivity index (χ0v) is 24.6. The number of halogens is 1. The lowest BCUT2D eigenvalue weighted by molar-refractivity contribution is 0.0135. The molecular formula is C34H42ClN3O. The average Bonchev–Trinajstić information content (AvgIpc) is 2.94. The van der Waals surface area contributed by atoms with E-state index >= 15 is 0 Å². The van der Waals surface area contributed by atoms with E-state index in [1.807, 2.05) is 44.2 Å². The van der Waals surface area contributed by atoms with Crippen molar-refractivity contribution < 1.29 is 4.79 Å². The Bertz CT molecular complexity index is 1240. The lowest BCUT2D eigenvalue weighted by Crippen LogP contribution is -2.57. The van der Waals surface area contributed by atoms with Gasteiger partial charge in [-0.25, -0.2) is 0 Å². The van der Waals surface area contributed by atoms with Crippen molar-refractivity contribution in [3.05, 3.63) is 105 Å². The number of piperidine rings is 1. The monoisotopic (exact) mass is 543 g/mol. The third kappa shape index (κ3) is 6.40. The molecule has 0 bridgehead atoms. The summed E-state index contributed by atoms with van der Waals surface area (Å²) in [4.78, 5) is 20.7. The maximum Gasteiger partial charge on any atom is 0.254 e. The van der Waals surface area contributed by atoms with Crippen molar-refractivity contribution in [2.45, 2.75) is 65.1 Å². The molecule has 2 aliphatic rings. The van der Waals surface area contributed by atoms with Gasteiger partial charge in [0.05, 0.1) is 0 Å². The van der Waals surface area contributed by atoms with Gasteiger partial charge in [0.1, 0.15) is 0 Å². The molecular weight excluding hydrogens is 502 g/mol. The van der Waals surface area contributed by atoms with Crippen LogP contribution >= 0.6 is 11.6 Å². The zero-order valence-electron chi connectivity index (χ0n) is 23.9. The number of aryl methyl sites for hydroxylation is 2. The first-order valence-electron chi connectivity index (χ1n) is 14.5. The number of hydrogen-bond acceptors (Lipinski definition) is 3. The van der Waals surface area contributed by atoms with Crippen LogP contribution in [0.25, 0.3) is 0 Å². The maximum atomic E-state index is 13.3. The molecule has 5 rings (SSSR count). The van der Waals surface area contributed by atoms with E-state index in [0.717, 1.165) is 73.7 Å². The lowest BCUT2D eigenvalue weighted by Gasteiger charge is -2.47. The Labute approximate surface area is 239 Å². The SMILES string of the molecule is Cc1cccc(C)c1C(=O)N1CCC(N2CCN([C@@H](C)c3ccc(Cc4ccc(Cl)cc4)cc3)[C@@H](C)C2)CC1. The Morgan fingerprint density at radius 2 is 1.46 bits per heavy atom. The minimum atomic E-state index is 0.204. The molecule has 0 unspecified atom stereocenters. The van der Waals surface area contributed by atoms with Crippen molar-refractivity contribution in [1.82, 2.24) is 14.7 Å². The molecule has 1 amide bonds. The molecule has 0 spiro atoms. The van der Waals surface area contributed by atoms with E-state index in [4.69, 9.17) is 11.6 Å². The third-order valence-corrected chi connectivity index (χ3v) is 9.21. The first-order valence-corrected chi connectivity index (χ1v) is 14.9. The fourth-order valence-corrected chi connectivity index (χ4v) is 6.72. The summed E-state index contributed by atoms with van der Waals surface area (Å²) in [5, 5.41) is 0.783. The summed E-state index contributed by atoms with van der Waals surface area (Å²) in [6.07, 6.45) is 3.05. The maximum absolute atomic E-state index is 13.3. The number of nitrogens with zero attached hydrogens (tertiary/aromatic N) is 3. The van der Waals surface area contributed by atoms with Gasteiger partial charge in [-0.2, -0.15) is 0 Å². The second kappa shape index (κ2) is 12.2. The molecule has 0 aromatic heterocycles. The topological polar surface area (TPSA) is 26.8 Å². The van der Waals surface area contributed by atoms with Crippen molar-refractivity contribution in [1.29, 1.82) is 0 Å². The first-order chi connectivity index (χ1) is 18.8. The third-order valence-electron chi connectivity index (χ3n) is 8.95. The van der Waals surface area contributed by atoms with Crippen LogP contribution in [-0.4, -0.2) is 65.4 Å². The van der Waals surface area contributed by atoms with Crippen LogP contribution < -0.4 is 0 Å². The molecule has 4 nitrogen and oxygen atoms in total. The van der Waals surface area contributed by atoms with E-state index in [1.54, 1.807) is 0 Å². The molecule has 0 aliphatic carbocycles. The Kier molecular flexibility index (Phi) is 8.76. The molecule has 2 aliphatic heterocycles. The summed E-state index contributed by atoms with van der Waals surface area (Å²) < 4.78 is 0. The van der Waals surface area contributed by atoms with E-state index < -0.39 is 0 Å². The predicted octanol–water partition coefficient (Wildman–Crippen LogP) is 6.92. The van der Waals surface area contributed by atoms with Gasteiger partial charge in [-0.3, -0.25) is 14.6 Å². The van der Waals surface area contributed by atoms with Crippen molar-refractivity contribution in [3.63, 3.8) is 0 Å². The summed E-state index contributed by atoms with van der Waals surface area (Å²) >= 11 is 6.03. The highest BCUT2D eigenvalue weighted by Gasteiger charge is 2.34. The summed E-state index contributed by atoms with van der Waals surface area (Å²) in [7, 11) is 0. The highest BCUT2D eigenvalue weighted by atomic mass is 35.5. The number of rotatable bonds is 6. The highest BCUT2D eigenvalue weighted by molar-refractivity contribution is 6.30. The molecule has 2 fully saturated rings. The van der Waals surface area contributed by atoms with Crippen LogP contribution in [-0.2, 0) is 6.42 Å². The van der Waals surface area contributed by atoms with Gasteiger partial charge in [0.15, 0.2) is 0 Å². The van der Waals surface area contributed by atoms with Crippen LogP contribution in [0.2, 0.25) is 5.02 Å². The van der Waals surface area contributed by atoms with Crippen molar-refractivity contribution in [3.8, 4) is 0 Å². The molecule has 5 heteroatoms. The van der Waals surface area contributed by atoms with Gasteiger partial charge in [0.25, 0.3) is 5.91 Å². The number of likely N-dealkylation sites (tertiary alicyclic amines) is 1. The van der Waals surface area contributed by atoms with Crippen LogP contribution in [0.1, 0.15) is 70.9 Å². The molecule has 3 aromatic carbocycles. The molecule has 2 saturated heterocycles. The number of benzene rings is 3. The largest absolute Gasteiger partial charge is 0.339 e. The molecule has 0 radical (unpaired) electrons. The second-order valence-electron chi connectivity index (χ2n) is 11.6. The number of hydrogen-bond donors (Lipinski definition) is 0. The fourth-order valence-electron chi connectivity index (χ4n) is 6.59. The minimum absolute atomic E-state index is 0.204. The fraction of sp³-hybridized carbons (Fsp3) is 0.441. The molecule has 2 heterocycles. The molecule has 3 aromatic rings. The van der Waals surface area contributed by atoms with E-state index in [-0.39, 0.29) is 5.91 Å². The van der Waals surface area contributed by atoms with E-state index in [0.29, 0.717) is 18.1 Å². The first kappa shape index (κ1) is 27.9. The zero-order chi connectivity index (χ0) is 27.5. The Morgan fingerprint density at radius 3 is 2.05 bits per heavy atom. The van der Waals surface area contributed by atoms with E-state index in [9.17, 15) is 4.79 Å². The quantitative estimate of drug-likeness (QED) is 0.337.